The van der Waals surface area contributed by atoms with Crippen LogP contribution < -0.4 is 5.32 Å². The van der Waals surface area contributed by atoms with Gasteiger partial charge in [0.25, 0.3) is 5.91 Å². The summed E-state index contributed by atoms with van der Waals surface area (Å²) >= 11 is 0. The Morgan fingerprint density at radius 3 is 2.37 bits per heavy atom. The zero-order valence-electron chi connectivity index (χ0n) is 15.9. The molecule has 1 heterocycles. The van der Waals surface area contributed by atoms with E-state index in [0.717, 1.165) is 25.7 Å². The molecule has 1 aromatic carbocycles. The van der Waals surface area contributed by atoms with Crippen LogP contribution in [0.5, 0.6) is 0 Å². The number of benzene rings is 1. The number of nitrogens with zero attached hydrogens (tertiary/aromatic N) is 1. The van der Waals surface area contributed by atoms with E-state index < -0.39 is 27.3 Å². The van der Waals surface area contributed by atoms with Crippen LogP contribution in [0.15, 0.2) is 29.2 Å². The molecule has 2 rings (SSSR count). The number of carboxylic acids is 1. The molecule has 0 radical (unpaired) electrons. The molecule has 0 spiro atoms. The van der Waals surface area contributed by atoms with Crippen LogP contribution in [0.3, 0.4) is 0 Å². The maximum atomic E-state index is 12.9. The van der Waals surface area contributed by atoms with Gasteiger partial charge in [-0.1, -0.05) is 18.9 Å². The van der Waals surface area contributed by atoms with Gasteiger partial charge in [-0.2, -0.15) is 4.31 Å². The van der Waals surface area contributed by atoms with Gasteiger partial charge in [-0.05, 0) is 51.3 Å². The second-order valence-corrected chi connectivity index (χ2v) is 9.48. The molecule has 1 aliphatic heterocycles. The van der Waals surface area contributed by atoms with Crippen molar-refractivity contribution in [1.82, 2.24) is 9.62 Å². The third kappa shape index (κ3) is 5.52. The summed E-state index contributed by atoms with van der Waals surface area (Å²) in [5, 5.41) is 11.8. The number of carbonyl (C=O) groups is 2. The van der Waals surface area contributed by atoms with Crippen molar-refractivity contribution in [2.75, 3.05) is 19.6 Å². The number of nitrogens with one attached hydrogen (secondary N) is 1. The monoisotopic (exact) mass is 396 g/mol. The Morgan fingerprint density at radius 1 is 1.15 bits per heavy atom. The van der Waals surface area contributed by atoms with Gasteiger partial charge in [-0.25, -0.2) is 8.42 Å². The molecule has 0 unspecified atom stereocenters. The lowest BCUT2D eigenvalue weighted by Gasteiger charge is -2.20. The van der Waals surface area contributed by atoms with E-state index in [-0.39, 0.29) is 23.4 Å². The number of sulfonamides is 1. The molecule has 7 nitrogen and oxygen atoms in total. The Labute approximate surface area is 160 Å². The van der Waals surface area contributed by atoms with Crippen LogP contribution in [0, 0.1) is 5.41 Å². The molecule has 1 saturated heterocycles. The lowest BCUT2D eigenvalue weighted by atomic mass is 9.90. The second-order valence-electron chi connectivity index (χ2n) is 7.54. The van der Waals surface area contributed by atoms with E-state index in [1.165, 1.54) is 16.4 Å². The van der Waals surface area contributed by atoms with Gasteiger partial charge in [0.2, 0.25) is 10.0 Å². The summed E-state index contributed by atoms with van der Waals surface area (Å²) in [6.07, 6.45) is 4.03. The predicted molar refractivity (Wildman–Crippen MR) is 102 cm³/mol. The van der Waals surface area contributed by atoms with Crippen molar-refractivity contribution in [3.63, 3.8) is 0 Å². The van der Waals surface area contributed by atoms with Crippen molar-refractivity contribution in [2.45, 2.75) is 50.8 Å². The average molecular weight is 397 g/mol. The number of hydrogen-bond acceptors (Lipinski definition) is 4. The van der Waals surface area contributed by atoms with Gasteiger partial charge in [-0.3, -0.25) is 9.59 Å². The van der Waals surface area contributed by atoms with E-state index in [9.17, 15) is 18.0 Å². The van der Waals surface area contributed by atoms with E-state index in [2.05, 4.69) is 5.32 Å². The van der Waals surface area contributed by atoms with Crippen LogP contribution in [0.1, 0.15) is 56.3 Å². The summed E-state index contributed by atoms with van der Waals surface area (Å²) in [5.41, 5.74) is -0.690. The van der Waals surface area contributed by atoms with Gasteiger partial charge < -0.3 is 10.4 Å². The molecular formula is C19H28N2O5S. The molecule has 1 aliphatic rings. The first-order valence-electron chi connectivity index (χ1n) is 9.26. The van der Waals surface area contributed by atoms with Crippen molar-refractivity contribution in [2.24, 2.45) is 5.41 Å². The summed E-state index contributed by atoms with van der Waals surface area (Å²) in [7, 11) is -3.62. The Bertz CT molecular complexity index is 781. The highest BCUT2D eigenvalue weighted by atomic mass is 32.2. The fourth-order valence-corrected chi connectivity index (χ4v) is 4.49. The number of hydrogen-bond donors (Lipinski definition) is 2. The molecule has 0 saturated carbocycles. The minimum absolute atomic E-state index is 0.114. The molecule has 2 N–H and O–H groups in total. The minimum atomic E-state index is -3.62. The second kappa shape index (κ2) is 8.84. The highest BCUT2D eigenvalue weighted by Gasteiger charge is 2.27. The van der Waals surface area contributed by atoms with Crippen LogP contribution in [-0.2, 0) is 14.8 Å². The molecule has 0 bridgehead atoms. The topological polar surface area (TPSA) is 104 Å². The van der Waals surface area contributed by atoms with Crippen LogP contribution >= 0.6 is 0 Å². The first kappa shape index (κ1) is 21.4. The largest absolute Gasteiger partial charge is 0.481 e. The summed E-state index contributed by atoms with van der Waals surface area (Å²) < 4.78 is 27.2. The van der Waals surface area contributed by atoms with Gasteiger partial charge in [0.05, 0.1) is 10.3 Å². The Balaban J connectivity index is 2.07. The molecule has 1 fully saturated rings. The van der Waals surface area contributed by atoms with Crippen molar-refractivity contribution >= 4 is 21.9 Å². The van der Waals surface area contributed by atoms with Crippen LogP contribution in [0.25, 0.3) is 0 Å². The van der Waals surface area contributed by atoms with E-state index in [1.807, 2.05) is 0 Å². The lowest BCUT2D eigenvalue weighted by molar-refractivity contribution is -0.147. The Hall–Kier alpha value is -1.93. The Kier molecular flexibility index (Phi) is 7.00. The van der Waals surface area contributed by atoms with E-state index in [4.69, 9.17) is 5.11 Å². The van der Waals surface area contributed by atoms with Gasteiger partial charge in [0, 0.05) is 25.2 Å². The van der Waals surface area contributed by atoms with Crippen molar-refractivity contribution in [3.8, 4) is 0 Å². The van der Waals surface area contributed by atoms with Crippen molar-refractivity contribution in [1.29, 1.82) is 0 Å². The normalized spacial score (nSPS) is 16.5. The minimum Gasteiger partial charge on any atom is -0.481 e. The standard InChI is InChI=1S/C19H28N2O5S/c1-19(2,18(23)24)10-11-20-17(22)15-8-7-9-16(14-15)27(25,26)21-12-5-3-4-6-13-21/h7-9,14H,3-6,10-13H2,1-2H3,(H,20,22)(H,23,24). The van der Waals surface area contributed by atoms with Crippen LogP contribution in [0.2, 0.25) is 0 Å². The highest BCUT2D eigenvalue weighted by molar-refractivity contribution is 7.89. The third-order valence-corrected chi connectivity index (χ3v) is 6.81. The fraction of sp³-hybridized carbons (Fsp3) is 0.579. The van der Waals surface area contributed by atoms with Gasteiger partial charge in [0.1, 0.15) is 0 Å². The fourth-order valence-electron chi connectivity index (χ4n) is 2.93. The molecular weight excluding hydrogens is 368 g/mol. The molecule has 0 atom stereocenters. The molecule has 1 amide bonds. The first-order valence-corrected chi connectivity index (χ1v) is 10.7. The predicted octanol–water partition coefficient (Wildman–Crippen LogP) is 2.48. The lowest BCUT2D eigenvalue weighted by Crippen LogP contribution is -2.33. The molecule has 0 aliphatic carbocycles. The van der Waals surface area contributed by atoms with Crippen molar-refractivity contribution in [3.05, 3.63) is 29.8 Å². The summed E-state index contributed by atoms with van der Waals surface area (Å²) in [5.74, 6) is -1.34. The van der Waals surface area contributed by atoms with E-state index >= 15 is 0 Å². The maximum Gasteiger partial charge on any atom is 0.309 e. The number of aliphatic carboxylic acids is 1. The van der Waals surface area contributed by atoms with E-state index in [1.54, 1.807) is 26.0 Å². The molecule has 8 heteroatoms. The SMILES string of the molecule is CC(C)(CCNC(=O)c1cccc(S(=O)(=O)N2CCCCCC2)c1)C(=O)O. The summed E-state index contributed by atoms with van der Waals surface area (Å²) in [6, 6.07) is 6.00. The van der Waals surface area contributed by atoms with Crippen molar-refractivity contribution < 1.29 is 23.1 Å². The first-order chi connectivity index (χ1) is 12.6. The van der Waals surface area contributed by atoms with E-state index in [0.29, 0.717) is 13.1 Å². The molecule has 0 aromatic heterocycles. The number of carboxylic acid groups (broad SMARTS) is 1. The number of carbonyl (C=O) groups excluding carboxylic acids is 1. The zero-order valence-corrected chi connectivity index (χ0v) is 16.7. The molecule has 27 heavy (non-hydrogen) atoms. The highest BCUT2D eigenvalue weighted by Crippen LogP contribution is 2.22. The molecule has 1 aromatic rings. The third-order valence-electron chi connectivity index (χ3n) is 4.91. The average Bonchev–Trinajstić information content (AvgIpc) is 2.91. The van der Waals surface area contributed by atoms with Gasteiger partial charge in [-0.15, -0.1) is 0 Å². The van der Waals surface area contributed by atoms with Crippen LogP contribution in [-0.4, -0.2) is 49.3 Å². The summed E-state index contributed by atoms with van der Waals surface area (Å²) in [4.78, 5) is 23.6. The smallest absolute Gasteiger partial charge is 0.309 e. The maximum absolute atomic E-state index is 12.9. The zero-order chi connectivity index (χ0) is 20.1. The van der Waals surface area contributed by atoms with Crippen LogP contribution in [0.4, 0.5) is 0 Å². The molecule has 150 valence electrons. The Morgan fingerprint density at radius 2 is 1.78 bits per heavy atom. The number of amides is 1. The van der Waals surface area contributed by atoms with Gasteiger partial charge >= 0.3 is 5.97 Å². The van der Waals surface area contributed by atoms with Gasteiger partial charge in [0.15, 0.2) is 0 Å². The quantitative estimate of drug-likeness (QED) is 0.737. The summed E-state index contributed by atoms with van der Waals surface area (Å²) in [6.45, 7) is 4.39. The number of rotatable bonds is 7.